The summed E-state index contributed by atoms with van der Waals surface area (Å²) >= 11 is 0. The number of aliphatic imine (C=N–C) groups is 1. The van der Waals surface area contributed by atoms with Crippen molar-refractivity contribution in [1.82, 2.24) is 15.5 Å². The van der Waals surface area contributed by atoms with Crippen LogP contribution in [0.5, 0.6) is 0 Å². The van der Waals surface area contributed by atoms with Gasteiger partial charge in [0, 0.05) is 26.8 Å². The molecular weight excluding hydrogens is 435 g/mol. The quantitative estimate of drug-likeness (QED) is 0.212. The minimum atomic E-state index is 0. The lowest BCUT2D eigenvalue weighted by molar-refractivity contribution is 0.0698. The van der Waals surface area contributed by atoms with Crippen molar-refractivity contribution < 1.29 is 13.9 Å². The molecule has 0 aliphatic heterocycles. The Labute approximate surface area is 168 Å². The van der Waals surface area contributed by atoms with Gasteiger partial charge in [0.2, 0.25) is 0 Å². The Kier molecular flexibility index (Phi) is 14.9. The van der Waals surface area contributed by atoms with Crippen LogP contribution in [0.2, 0.25) is 0 Å². The Balaban J connectivity index is 0.00000576. The summed E-state index contributed by atoms with van der Waals surface area (Å²) in [6.45, 7) is 6.30. The molecule has 8 heteroatoms. The number of hydrogen-bond donors (Lipinski definition) is 2. The van der Waals surface area contributed by atoms with E-state index in [-0.39, 0.29) is 30.0 Å². The highest BCUT2D eigenvalue weighted by Crippen LogP contribution is 2.18. The molecule has 1 heterocycles. The number of nitrogens with zero attached hydrogens (tertiary/aromatic N) is 2. The van der Waals surface area contributed by atoms with Crippen LogP contribution in [0.3, 0.4) is 0 Å². The molecule has 1 aromatic heterocycles. The molecule has 25 heavy (non-hydrogen) atoms. The average Bonchev–Trinajstić information content (AvgIpc) is 3.08. The smallest absolute Gasteiger partial charge is 0.191 e. The van der Waals surface area contributed by atoms with Gasteiger partial charge in [-0.2, -0.15) is 0 Å². The van der Waals surface area contributed by atoms with E-state index in [0.29, 0.717) is 26.4 Å². The van der Waals surface area contributed by atoms with Crippen LogP contribution in [0.4, 0.5) is 0 Å². The van der Waals surface area contributed by atoms with E-state index in [9.17, 15) is 0 Å². The highest BCUT2D eigenvalue weighted by molar-refractivity contribution is 14.0. The number of guanidine groups is 1. The number of likely N-dealkylation sites (N-methyl/N-ethyl adjacent to an activating group) is 1. The van der Waals surface area contributed by atoms with E-state index in [2.05, 4.69) is 27.4 Å². The topological polar surface area (TPSA) is 71.3 Å². The summed E-state index contributed by atoms with van der Waals surface area (Å²) in [4.78, 5) is 6.78. The standard InChI is InChI=1S/C17H32N4O3.HI/c1-5-18-17(19-9-7-10-23-13-12-22-4)20-14-15(21(2)3)16-8-6-11-24-16;/h6,8,11,15H,5,7,9-10,12-14H2,1-4H3,(H2,18,19,20);1H. The first-order valence-corrected chi connectivity index (χ1v) is 8.47. The lowest BCUT2D eigenvalue weighted by Gasteiger charge is -2.21. The summed E-state index contributed by atoms with van der Waals surface area (Å²) in [6, 6.07) is 4.01. The summed E-state index contributed by atoms with van der Waals surface area (Å²) in [7, 11) is 5.73. The maximum atomic E-state index is 5.52. The van der Waals surface area contributed by atoms with Gasteiger partial charge in [-0.1, -0.05) is 0 Å². The summed E-state index contributed by atoms with van der Waals surface area (Å²) in [6.07, 6.45) is 2.62. The first-order valence-electron chi connectivity index (χ1n) is 8.47. The van der Waals surface area contributed by atoms with Gasteiger partial charge in [-0.3, -0.25) is 9.89 Å². The molecule has 0 bridgehead atoms. The van der Waals surface area contributed by atoms with Crippen molar-refractivity contribution in [2.45, 2.75) is 19.4 Å². The molecule has 146 valence electrons. The Morgan fingerprint density at radius 3 is 2.68 bits per heavy atom. The number of rotatable bonds is 12. The van der Waals surface area contributed by atoms with Crippen molar-refractivity contribution in [3.05, 3.63) is 24.2 Å². The largest absolute Gasteiger partial charge is 0.468 e. The van der Waals surface area contributed by atoms with E-state index in [4.69, 9.17) is 13.9 Å². The fourth-order valence-corrected chi connectivity index (χ4v) is 2.13. The zero-order valence-electron chi connectivity index (χ0n) is 15.8. The lowest BCUT2D eigenvalue weighted by Crippen LogP contribution is -2.38. The fraction of sp³-hybridized carbons (Fsp3) is 0.706. The monoisotopic (exact) mass is 468 g/mol. The minimum Gasteiger partial charge on any atom is -0.468 e. The first kappa shape index (κ1) is 24.2. The second-order valence-electron chi connectivity index (χ2n) is 5.60. The van der Waals surface area contributed by atoms with Gasteiger partial charge >= 0.3 is 0 Å². The third-order valence-corrected chi connectivity index (χ3v) is 3.45. The molecule has 1 rings (SSSR count). The number of furan rings is 1. The Bertz CT molecular complexity index is 441. The molecule has 0 saturated heterocycles. The predicted octanol–water partition coefficient (Wildman–Crippen LogP) is 2.11. The highest BCUT2D eigenvalue weighted by atomic mass is 127. The van der Waals surface area contributed by atoms with Crippen LogP contribution in [0.1, 0.15) is 25.1 Å². The van der Waals surface area contributed by atoms with E-state index in [1.54, 1.807) is 13.4 Å². The van der Waals surface area contributed by atoms with Crippen molar-refractivity contribution in [3.8, 4) is 0 Å². The number of ether oxygens (including phenoxy) is 2. The zero-order chi connectivity index (χ0) is 17.6. The summed E-state index contributed by atoms with van der Waals surface area (Å²) < 4.78 is 15.9. The minimum absolute atomic E-state index is 0. The van der Waals surface area contributed by atoms with Crippen LogP contribution >= 0.6 is 24.0 Å². The molecule has 2 N–H and O–H groups in total. The number of hydrogen-bond acceptors (Lipinski definition) is 5. The van der Waals surface area contributed by atoms with Crippen LogP contribution in [0, 0.1) is 0 Å². The third kappa shape index (κ3) is 10.7. The number of nitrogens with one attached hydrogen (secondary N) is 2. The fourth-order valence-electron chi connectivity index (χ4n) is 2.13. The molecule has 0 aliphatic carbocycles. The molecule has 0 saturated carbocycles. The molecular formula is C17H33IN4O3. The maximum Gasteiger partial charge on any atom is 0.191 e. The van der Waals surface area contributed by atoms with Crippen molar-refractivity contribution in [3.63, 3.8) is 0 Å². The van der Waals surface area contributed by atoms with Crippen LogP contribution in [-0.4, -0.2) is 71.5 Å². The normalized spacial score (nSPS) is 12.8. The molecule has 1 atom stereocenters. The molecule has 0 fully saturated rings. The van der Waals surface area contributed by atoms with Gasteiger partial charge in [0.1, 0.15) is 5.76 Å². The molecule has 0 amide bonds. The van der Waals surface area contributed by atoms with Gasteiger partial charge in [-0.05, 0) is 39.6 Å². The first-order chi connectivity index (χ1) is 11.7. The third-order valence-electron chi connectivity index (χ3n) is 3.45. The zero-order valence-corrected chi connectivity index (χ0v) is 18.1. The second kappa shape index (κ2) is 15.4. The van der Waals surface area contributed by atoms with Gasteiger partial charge < -0.3 is 24.5 Å². The average molecular weight is 468 g/mol. The van der Waals surface area contributed by atoms with Crippen molar-refractivity contribution in [2.75, 3.05) is 60.7 Å². The van der Waals surface area contributed by atoms with Gasteiger partial charge in [0.25, 0.3) is 0 Å². The summed E-state index contributed by atoms with van der Waals surface area (Å²) in [5.41, 5.74) is 0. The second-order valence-corrected chi connectivity index (χ2v) is 5.60. The molecule has 0 radical (unpaired) electrons. The van der Waals surface area contributed by atoms with Crippen LogP contribution in [0.25, 0.3) is 0 Å². The number of halogens is 1. The van der Waals surface area contributed by atoms with Gasteiger partial charge in [-0.15, -0.1) is 24.0 Å². The van der Waals surface area contributed by atoms with E-state index >= 15 is 0 Å². The van der Waals surface area contributed by atoms with Crippen molar-refractivity contribution >= 4 is 29.9 Å². The molecule has 0 aliphatic rings. The van der Waals surface area contributed by atoms with Crippen molar-refractivity contribution in [1.29, 1.82) is 0 Å². The van der Waals surface area contributed by atoms with E-state index in [0.717, 1.165) is 31.2 Å². The highest BCUT2D eigenvalue weighted by Gasteiger charge is 2.16. The molecule has 1 unspecified atom stereocenters. The molecule has 0 spiro atoms. The summed E-state index contributed by atoms with van der Waals surface area (Å²) in [5.74, 6) is 1.74. The Morgan fingerprint density at radius 2 is 2.08 bits per heavy atom. The van der Waals surface area contributed by atoms with Crippen LogP contribution < -0.4 is 10.6 Å². The predicted molar refractivity (Wildman–Crippen MR) is 112 cm³/mol. The van der Waals surface area contributed by atoms with Crippen LogP contribution in [0.15, 0.2) is 27.8 Å². The van der Waals surface area contributed by atoms with Gasteiger partial charge in [0.05, 0.1) is 32.1 Å². The summed E-state index contributed by atoms with van der Waals surface area (Å²) in [5, 5.41) is 6.59. The van der Waals surface area contributed by atoms with Gasteiger partial charge in [0.15, 0.2) is 5.96 Å². The lowest BCUT2D eigenvalue weighted by atomic mass is 10.2. The molecule has 7 nitrogen and oxygen atoms in total. The van der Waals surface area contributed by atoms with Gasteiger partial charge in [-0.25, -0.2) is 0 Å². The van der Waals surface area contributed by atoms with E-state index in [1.807, 2.05) is 26.2 Å². The van der Waals surface area contributed by atoms with Crippen LogP contribution in [-0.2, 0) is 9.47 Å². The molecule has 1 aromatic rings. The SMILES string of the molecule is CCNC(=NCC(c1ccco1)N(C)C)NCCCOCCOC.I. The van der Waals surface area contributed by atoms with E-state index in [1.165, 1.54) is 0 Å². The van der Waals surface area contributed by atoms with E-state index < -0.39 is 0 Å². The molecule has 0 aromatic carbocycles. The Hall–Kier alpha value is -0.840. The van der Waals surface area contributed by atoms with Crippen molar-refractivity contribution in [2.24, 2.45) is 4.99 Å². The Morgan fingerprint density at radius 1 is 1.28 bits per heavy atom. The maximum absolute atomic E-state index is 5.52. The number of methoxy groups -OCH3 is 1.